The molecule has 0 amide bonds. The largest absolute Gasteiger partial charge is 0.676 e. The first-order chi connectivity index (χ1) is 5.80. The summed E-state index contributed by atoms with van der Waals surface area (Å²) < 4.78 is 0. The predicted molar refractivity (Wildman–Crippen MR) is 70.4 cm³/mol. The van der Waals surface area contributed by atoms with Gasteiger partial charge in [0.05, 0.1) is 0 Å². The Morgan fingerprint density at radius 2 is 1.08 bits per heavy atom. The fraction of sp³-hybridized carbons (Fsp3) is 1.00. The Hall–Kier alpha value is 2.53. The molecule has 1 saturated carbocycles. The minimum atomic E-state index is -1.69. The van der Waals surface area contributed by atoms with Gasteiger partial charge in [-0.3, -0.25) is 0 Å². The maximum Gasteiger partial charge on any atom is -0.0548 e. The Morgan fingerprint density at radius 1 is 0.846 bits per heavy atom. The standard InChI is InChI=1S/C6H12N2.4BrH.Pt/c7-5-3-1-2-4-6(5)8;;;;;/h5-8H,1-4H2;4*1H;/q-2;;;;;+6/p-4. The van der Waals surface area contributed by atoms with Crippen LogP contribution >= 0.6 is 53.2 Å². The van der Waals surface area contributed by atoms with Crippen LogP contribution in [0.15, 0.2) is 0 Å². The molecular weight excluding hydrogens is 615 g/mol. The first-order valence-electron chi connectivity index (χ1n) is 3.71. The summed E-state index contributed by atoms with van der Waals surface area (Å²) in [7, 11) is -1.69. The molecule has 0 aromatic rings. The van der Waals surface area contributed by atoms with Crippen LogP contribution in [-0.4, -0.2) is 12.1 Å². The molecule has 1 rings (SSSR count). The first kappa shape index (κ1) is 15.5. The quantitative estimate of drug-likeness (QED) is 0.327. The molecule has 0 aromatic carbocycles. The smallest absolute Gasteiger partial charge is 0.0548 e. The van der Waals surface area contributed by atoms with Crippen molar-refractivity contribution in [3.8, 4) is 0 Å². The summed E-state index contributed by atoms with van der Waals surface area (Å²) >= 11 is 13.2. The van der Waals surface area contributed by atoms with E-state index in [1.54, 1.807) is 0 Å². The van der Waals surface area contributed by atoms with Gasteiger partial charge >= 0.3 is 61.0 Å². The maximum atomic E-state index is 7.29. The van der Waals surface area contributed by atoms with Gasteiger partial charge in [0, 0.05) is 0 Å². The van der Waals surface area contributed by atoms with E-state index in [9.17, 15) is 0 Å². The van der Waals surface area contributed by atoms with Gasteiger partial charge in [-0.15, -0.1) is 0 Å². The number of nitrogens with one attached hydrogen (secondary N) is 2. The molecule has 2 nitrogen and oxygen atoms in total. The summed E-state index contributed by atoms with van der Waals surface area (Å²) in [4.78, 5) is 0. The molecule has 1 aliphatic rings. The Balaban J connectivity index is 0.000000252. The van der Waals surface area contributed by atoms with Gasteiger partial charge < -0.3 is 11.5 Å². The molecule has 0 bridgehead atoms. The van der Waals surface area contributed by atoms with Crippen molar-refractivity contribution < 1.29 is 7.84 Å². The average Bonchev–Trinajstić information content (AvgIpc) is 1.92. The molecule has 7 heteroatoms. The Labute approximate surface area is 109 Å². The average molecular weight is 627 g/mol. The zero-order chi connectivity index (χ0) is 10.5. The van der Waals surface area contributed by atoms with E-state index in [0.717, 1.165) is 12.8 Å². The Bertz CT molecular complexity index is 125. The molecule has 84 valence electrons. The monoisotopic (exact) mass is 623 g/mol. The van der Waals surface area contributed by atoms with Crippen LogP contribution < -0.4 is 0 Å². The van der Waals surface area contributed by atoms with E-state index in [1.165, 1.54) is 12.8 Å². The van der Waals surface area contributed by atoms with Crippen molar-refractivity contribution in [2.45, 2.75) is 37.8 Å². The van der Waals surface area contributed by atoms with Crippen LogP contribution in [0.5, 0.6) is 0 Å². The molecule has 13 heavy (non-hydrogen) atoms. The zero-order valence-electron chi connectivity index (χ0n) is 6.81. The van der Waals surface area contributed by atoms with Crippen LogP contribution in [0.2, 0.25) is 0 Å². The minimum Gasteiger partial charge on any atom is -0.676 e. The van der Waals surface area contributed by atoms with Crippen molar-refractivity contribution in [3.05, 3.63) is 11.5 Å². The summed E-state index contributed by atoms with van der Waals surface area (Å²) in [5.74, 6) is 0. The molecule has 0 heterocycles. The zero-order valence-corrected chi connectivity index (χ0v) is 15.4. The van der Waals surface area contributed by atoms with Crippen molar-refractivity contribution in [2.24, 2.45) is 0 Å². The van der Waals surface area contributed by atoms with E-state index in [4.69, 9.17) is 11.5 Å². The summed E-state index contributed by atoms with van der Waals surface area (Å²) in [6, 6.07) is -0.160. The second-order valence-electron chi connectivity index (χ2n) is 2.77. The molecule has 0 radical (unpaired) electrons. The molecule has 0 aliphatic heterocycles. The summed E-state index contributed by atoms with van der Waals surface area (Å²) in [5.41, 5.74) is 14.6. The third-order valence-electron chi connectivity index (χ3n) is 1.77. The van der Waals surface area contributed by atoms with Crippen molar-refractivity contribution in [2.75, 3.05) is 0 Å². The molecule has 1 fully saturated rings. The number of rotatable bonds is 0. The van der Waals surface area contributed by atoms with Crippen LogP contribution in [0.1, 0.15) is 25.7 Å². The number of halogens is 4. The van der Waals surface area contributed by atoms with Crippen molar-refractivity contribution in [3.63, 3.8) is 0 Å². The van der Waals surface area contributed by atoms with Gasteiger partial charge in [0.25, 0.3) is 0 Å². The fourth-order valence-corrected chi connectivity index (χ4v) is 1.13. The third-order valence-corrected chi connectivity index (χ3v) is 1.77. The van der Waals surface area contributed by atoms with Crippen LogP contribution in [0.3, 0.4) is 0 Å². The summed E-state index contributed by atoms with van der Waals surface area (Å²) in [6.07, 6.45) is 4.25. The third kappa shape index (κ3) is 12.5. The van der Waals surface area contributed by atoms with Crippen LogP contribution in [0, 0.1) is 0 Å². The van der Waals surface area contributed by atoms with Crippen molar-refractivity contribution >= 4 is 53.2 Å². The topological polar surface area (TPSA) is 47.6 Å². The van der Waals surface area contributed by atoms with E-state index in [0.29, 0.717) is 0 Å². The predicted octanol–water partition coefficient (Wildman–Crippen LogP) is 5.78. The van der Waals surface area contributed by atoms with Crippen molar-refractivity contribution in [1.29, 1.82) is 0 Å². The van der Waals surface area contributed by atoms with Gasteiger partial charge in [0.2, 0.25) is 0 Å². The molecule has 1 aliphatic carbocycles. The SMILES string of the molecule is [Br][Pt+2]([Br])([Br])[Br].[NH-]C1CCCCC1[NH-]. The van der Waals surface area contributed by atoms with Crippen LogP contribution in [-0.2, 0) is 7.84 Å². The molecule has 0 aromatic heterocycles. The molecule has 0 spiro atoms. The molecule has 2 unspecified atom stereocenters. The van der Waals surface area contributed by atoms with Gasteiger partial charge in [0.1, 0.15) is 0 Å². The van der Waals surface area contributed by atoms with E-state index >= 15 is 0 Å². The Kier molecular flexibility index (Phi) is 9.25. The maximum absolute atomic E-state index is 7.29. The van der Waals surface area contributed by atoms with Crippen LogP contribution in [0.4, 0.5) is 0 Å². The van der Waals surface area contributed by atoms with Crippen LogP contribution in [0.25, 0.3) is 11.5 Å². The molecule has 2 atom stereocenters. The normalized spacial score (nSPS) is 30.3. The number of hydrogen-bond donors (Lipinski definition) is 0. The van der Waals surface area contributed by atoms with Gasteiger partial charge in [0.15, 0.2) is 0 Å². The van der Waals surface area contributed by atoms with Gasteiger partial charge in [-0.05, 0) is 0 Å². The van der Waals surface area contributed by atoms with Gasteiger partial charge in [-0.1, -0.05) is 25.7 Å². The summed E-state index contributed by atoms with van der Waals surface area (Å²) in [5, 5.41) is 0. The molecule has 0 saturated heterocycles. The fourth-order valence-electron chi connectivity index (χ4n) is 1.13. The molecule has 2 N–H and O–H groups in total. The first-order valence-corrected chi connectivity index (χ1v) is 23.6. The van der Waals surface area contributed by atoms with E-state index in [2.05, 4.69) is 53.2 Å². The van der Waals surface area contributed by atoms with E-state index < -0.39 is 7.84 Å². The second kappa shape index (κ2) is 7.75. The second-order valence-corrected chi connectivity index (χ2v) is 62.4. The van der Waals surface area contributed by atoms with Crippen molar-refractivity contribution in [1.82, 2.24) is 0 Å². The number of hydrogen-bond acceptors (Lipinski definition) is 0. The van der Waals surface area contributed by atoms with E-state index in [1.807, 2.05) is 0 Å². The van der Waals surface area contributed by atoms with Gasteiger partial charge in [-0.2, -0.15) is 12.1 Å². The Morgan fingerprint density at radius 3 is 1.23 bits per heavy atom. The minimum absolute atomic E-state index is 0.0799. The van der Waals surface area contributed by atoms with E-state index in [-0.39, 0.29) is 12.1 Å². The summed E-state index contributed by atoms with van der Waals surface area (Å²) in [6.45, 7) is 0. The molecular formula is C6H12Br4N2Pt. The van der Waals surface area contributed by atoms with Gasteiger partial charge in [-0.25, -0.2) is 0 Å².